The molecule has 0 saturated heterocycles. The first-order chi connectivity index (χ1) is 11.9. The summed E-state index contributed by atoms with van der Waals surface area (Å²) in [5.74, 6) is -11.1. The van der Waals surface area contributed by atoms with Gasteiger partial charge in [-0.1, -0.05) is 30.3 Å². The lowest BCUT2D eigenvalue weighted by Gasteiger charge is -2.17. The normalized spacial score (nSPS) is 15.1. The van der Waals surface area contributed by atoms with Crippen molar-refractivity contribution in [2.24, 2.45) is 0 Å². The second kappa shape index (κ2) is 6.46. The Kier molecular flexibility index (Phi) is 4.49. The van der Waals surface area contributed by atoms with Crippen LogP contribution in [0.4, 0.5) is 22.0 Å². The van der Waals surface area contributed by atoms with Crippen LogP contribution in [0.1, 0.15) is 24.0 Å². The van der Waals surface area contributed by atoms with E-state index in [-0.39, 0.29) is 12.0 Å². The molecule has 1 amide bonds. The van der Waals surface area contributed by atoms with E-state index in [2.05, 4.69) is 5.32 Å². The van der Waals surface area contributed by atoms with Crippen LogP contribution in [0.5, 0.6) is 0 Å². The molecule has 0 unspecified atom stereocenters. The maximum Gasteiger partial charge on any atom is 0.224 e. The minimum Gasteiger partial charge on any atom is -0.355 e. The Morgan fingerprint density at radius 1 is 0.880 bits per heavy atom. The van der Waals surface area contributed by atoms with Crippen molar-refractivity contribution in [3.05, 3.63) is 70.5 Å². The lowest BCUT2D eigenvalue weighted by Crippen LogP contribution is -2.33. The summed E-state index contributed by atoms with van der Waals surface area (Å²) in [5.41, 5.74) is -0.321. The highest BCUT2D eigenvalue weighted by Gasteiger charge is 2.44. The fourth-order valence-electron chi connectivity index (χ4n) is 2.81. The first-order valence-electron chi connectivity index (χ1n) is 7.68. The molecule has 1 aliphatic carbocycles. The number of carbonyl (C=O) groups is 1. The summed E-state index contributed by atoms with van der Waals surface area (Å²) in [4.78, 5) is 11.9. The van der Waals surface area contributed by atoms with Crippen LogP contribution in [-0.4, -0.2) is 12.5 Å². The molecule has 3 rings (SSSR count). The fourth-order valence-corrected chi connectivity index (χ4v) is 2.81. The van der Waals surface area contributed by atoms with Gasteiger partial charge in [-0.3, -0.25) is 4.79 Å². The molecule has 1 N–H and O–H groups in total. The first-order valence-corrected chi connectivity index (χ1v) is 7.68. The molecule has 0 bridgehead atoms. The van der Waals surface area contributed by atoms with E-state index in [1.54, 1.807) is 0 Å². The average Bonchev–Trinajstić information content (AvgIpc) is 3.42. The Labute approximate surface area is 140 Å². The highest BCUT2D eigenvalue weighted by atomic mass is 19.2. The summed E-state index contributed by atoms with van der Waals surface area (Å²) in [7, 11) is 0. The molecule has 0 heterocycles. The molecule has 1 fully saturated rings. The monoisotopic (exact) mass is 355 g/mol. The van der Waals surface area contributed by atoms with Crippen LogP contribution >= 0.6 is 0 Å². The molecule has 0 aromatic heterocycles. The summed E-state index contributed by atoms with van der Waals surface area (Å²) in [6, 6.07) is 9.44. The molecule has 0 radical (unpaired) electrons. The van der Waals surface area contributed by atoms with Crippen LogP contribution in [0, 0.1) is 29.1 Å². The van der Waals surface area contributed by atoms with Crippen molar-refractivity contribution in [3.8, 4) is 0 Å². The van der Waals surface area contributed by atoms with Crippen molar-refractivity contribution in [1.29, 1.82) is 0 Å². The van der Waals surface area contributed by atoms with E-state index in [1.165, 1.54) is 0 Å². The zero-order valence-electron chi connectivity index (χ0n) is 13.0. The van der Waals surface area contributed by atoms with Gasteiger partial charge in [0.25, 0.3) is 0 Å². The molecule has 0 spiro atoms. The number of carbonyl (C=O) groups excluding carboxylic acids is 1. The zero-order chi connectivity index (χ0) is 18.2. The number of halogens is 5. The molecule has 2 nitrogen and oxygen atoms in total. The van der Waals surface area contributed by atoms with Crippen LogP contribution in [0.15, 0.2) is 30.3 Å². The predicted molar refractivity (Wildman–Crippen MR) is 80.3 cm³/mol. The van der Waals surface area contributed by atoms with Gasteiger partial charge in [0.1, 0.15) is 0 Å². The van der Waals surface area contributed by atoms with E-state index in [9.17, 15) is 26.7 Å². The molecule has 1 aliphatic rings. The van der Waals surface area contributed by atoms with Gasteiger partial charge < -0.3 is 5.32 Å². The van der Waals surface area contributed by atoms with Crippen molar-refractivity contribution in [3.63, 3.8) is 0 Å². The van der Waals surface area contributed by atoms with Crippen LogP contribution in [0.2, 0.25) is 0 Å². The van der Waals surface area contributed by atoms with Gasteiger partial charge in [0, 0.05) is 17.5 Å². The van der Waals surface area contributed by atoms with Gasteiger partial charge in [0.15, 0.2) is 23.3 Å². The first kappa shape index (κ1) is 17.4. The van der Waals surface area contributed by atoms with Crippen molar-refractivity contribution >= 4 is 5.91 Å². The van der Waals surface area contributed by atoms with Crippen LogP contribution < -0.4 is 5.32 Å². The van der Waals surface area contributed by atoms with E-state index in [4.69, 9.17) is 0 Å². The number of nitrogens with one attached hydrogen (secondary N) is 1. The summed E-state index contributed by atoms with van der Waals surface area (Å²) in [6.07, 6.45) is 0.774. The standard InChI is InChI=1S/C18H14F5NO/c19-13-11(14(20)16(22)17(23)15(13)21)8-12(25)24-9-18(6-7-18)10-4-2-1-3-5-10/h1-5H,6-9H2,(H,24,25). The maximum atomic E-state index is 13.6. The molecular formula is C18H14F5NO. The van der Waals surface area contributed by atoms with Crippen molar-refractivity contribution in [2.45, 2.75) is 24.7 Å². The second-order valence-electron chi connectivity index (χ2n) is 6.15. The molecule has 0 aliphatic heterocycles. The minimum atomic E-state index is -2.24. The molecule has 0 atom stereocenters. The Morgan fingerprint density at radius 3 is 1.92 bits per heavy atom. The fraction of sp³-hybridized carbons (Fsp3) is 0.278. The highest BCUT2D eigenvalue weighted by molar-refractivity contribution is 5.79. The van der Waals surface area contributed by atoms with Crippen molar-refractivity contribution in [2.75, 3.05) is 6.54 Å². The minimum absolute atomic E-state index is 0.229. The molecule has 2 aromatic rings. The summed E-state index contributed by atoms with van der Waals surface area (Å²) in [6.45, 7) is 0.241. The number of amides is 1. The predicted octanol–water partition coefficient (Wildman–Crippen LogP) is 3.77. The number of hydrogen-bond donors (Lipinski definition) is 1. The van der Waals surface area contributed by atoms with Gasteiger partial charge in [-0.2, -0.15) is 0 Å². The van der Waals surface area contributed by atoms with Gasteiger partial charge in [-0.25, -0.2) is 22.0 Å². The molecule has 25 heavy (non-hydrogen) atoms. The Hall–Kier alpha value is -2.44. The molecule has 2 aromatic carbocycles. The van der Waals surface area contributed by atoms with Crippen LogP contribution in [0.3, 0.4) is 0 Å². The third-order valence-corrected chi connectivity index (χ3v) is 4.50. The third-order valence-electron chi connectivity index (χ3n) is 4.50. The topological polar surface area (TPSA) is 29.1 Å². The van der Waals surface area contributed by atoms with Crippen LogP contribution in [-0.2, 0) is 16.6 Å². The molecule has 1 saturated carbocycles. The number of benzene rings is 2. The smallest absolute Gasteiger partial charge is 0.224 e. The van der Waals surface area contributed by atoms with Gasteiger partial charge in [0.2, 0.25) is 11.7 Å². The van der Waals surface area contributed by atoms with Gasteiger partial charge >= 0.3 is 0 Å². The molecular weight excluding hydrogens is 341 g/mol. The van der Waals surface area contributed by atoms with Crippen molar-refractivity contribution in [1.82, 2.24) is 5.32 Å². The van der Waals surface area contributed by atoms with E-state index >= 15 is 0 Å². The van der Waals surface area contributed by atoms with Gasteiger partial charge in [-0.05, 0) is 18.4 Å². The Bertz CT molecular complexity index is 789. The third kappa shape index (κ3) is 3.23. The number of rotatable bonds is 5. The van der Waals surface area contributed by atoms with E-state index < -0.39 is 47.0 Å². The Morgan fingerprint density at radius 2 is 1.40 bits per heavy atom. The summed E-state index contributed by atoms with van der Waals surface area (Å²) >= 11 is 0. The van der Waals surface area contributed by atoms with E-state index in [1.807, 2.05) is 30.3 Å². The second-order valence-corrected chi connectivity index (χ2v) is 6.15. The molecule has 132 valence electrons. The van der Waals surface area contributed by atoms with Gasteiger partial charge in [-0.15, -0.1) is 0 Å². The average molecular weight is 355 g/mol. The zero-order valence-corrected chi connectivity index (χ0v) is 13.0. The summed E-state index contributed by atoms with van der Waals surface area (Å²) in [5, 5.41) is 2.53. The van der Waals surface area contributed by atoms with Gasteiger partial charge in [0.05, 0.1) is 6.42 Å². The highest BCUT2D eigenvalue weighted by Crippen LogP contribution is 2.47. The van der Waals surface area contributed by atoms with Crippen LogP contribution in [0.25, 0.3) is 0 Å². The summed E-state index contributed by atoms with van der Waals surface area (Å²) < 4.78 is 66.6. The largest absolute Gasteiger partial charge is 0.355 e. The lowest BCUT2D eigenvalue weighted by molar-refractivity contribution is -0.120. The van der Waals surface area contributed by atoms with E-state index in [0.29, 0.717) is 0 Å². The maximum absolute atomic E-state index is 13.6. The quantitative estimate of drug-likeness (QED) is 0.494. The Balaban J connectivity index is 1.70. The van der Waals surface area contributed by atoms with E-state index in [0.717, 1.165) is 18.4 Å². The molecule has 7 heteroatoms. The SMILES string of the molecule is O=C(Cc1c(F)c(F)c(F)c(F)c1F)NCC1(c2ccccc2)CC1. The number of hydrogen-bond acceptors (Lipinski definition) is 1. The van der Waals surface area contributed by atoms with Crippen molar-refractivity contribution < 1.29 is 26.7 Å². The lowest BCUT2D eigenvalue weighted by atomic mass is 9.96.